The average Bonchev–Trinajstić information content (AvgIpc) is 2.43. The summed E-state index contributed by atoms with van der Waals surface area (Å²) in [6.07, 6.45) is 0.764. The highest BCUT2D eigenvalue weighted by atomic mass is 16.5. The van der Waals surface area contributed by atoms with Crippen molar-refractivity contribution < 1.29 is 9.53 Å². The van der Waals surface area contributed by atoms with Gasteiger partial charge in [-0.15, -0.1) is 0 Å². The molecule has 0 spiro atoms. The van der Waals surface area contributed by atoms with E-state index in [0.717, 1.165) is 29.1 Å². The van der Waals surface area contributed by atoms with Gasteiger partial charge in [-0.1, -0.05) is 13.5 Å². The van der Waals surface area contributed by atoms with Gasteiger partial charge >= 0.3 is 0 Å². The van der Waals surface area contributed by atoms with Crippen LogP contribution >= 0.6 is 0 Å². The van der Waals surface area contributed by atoms with Crippen molar-refractivity contribution in [1.82, 2.24) is 0 Å². The fraction of sp³-hybridized carbons (Fsp3) is 0.400. The second kappa shape index (κ2) is 6.32. The number of amides is 1. The van der Waals surface area contributed by atoms with E-state index in [-0.39, 0.29) is 5.57 Å². The number of ether oxygens (including phenoxy) is 1. The van der Waals surface area contributed by atoms with Gasteiger partial charge in [-0.25, -0.2) is 0 Å². The fourth-order valence-electron chi connectivity index (χ4n) is 2.26. The van der Waals surface area contributed by atoms with Crippen LogP contribution in [-0.4, -0.2) is 34.2 Å². The number of nitrogens with two attached hydrogens (primary N) is 1. The van der Waals surface area contributed by atoms with Crippen LogP contribution in [0.5, 0.6) is 5.75 Å². The highest BCUT2D eigenvalue weighted by Crippen LogP contribution is 2.41. The van der Waals surface area contributed by atoms with Crippen LogP contribution < -0.4 is 20.7 Å². The predicted octanol–water partition coefficient (Wildman–Crippen LogP) is 1.86. The van der Waals surface area contributed by atoms with E-state index in [2.05, 4.69) is 11.9 Å². The second-order valence-electron chi connectivity index (χ2n) is 4.67. The van der Waals surface area contributed by atoms with Crippen LogP contribution in [0.25, 0.3) is 5.57 Å². The number of anilines is 2. The van der Waals surface area contributed by atoms with Crippen molar-refractivity contribution in [3.63, 3.8) is 0 Å². The minimum Gasteiger partial charge on any atom is -0.494 e. The van der Waals surface area contributed by atoms with Crippen LogP contribution in [0.1, 0.15) is 18.1 Å². The molecule has 0 bridgehead atoms. The molecular weight excluding hydrogens is 254 g/mol. The SMILES string of the molecule is C=C(C(N)=O)c1cc(N(C)C)c(OC)c(CC)c1NC. The van der Waals surface area contributed by atoms with E-state index in [9.17, 15) is 4.79 Å². The molecule has 1 rings (SSSR count). The van der Waals surface area contributed by atoms with Crippen LogP contribution in [0, 0.1) is 0 Å². The van der Waals surface area contributed by atoms with Gasteiger partial charge in [0, 0.05) is 43.5 Å². The molecule has 0 radical (unpaired) electrons. The molecule has 20 heavy (non-hydrogen) atoms. The Morgan fingerprint density at radius 3 is 2.45 bits per heavy atom. The lowest BCUT2D eigenvalue weighted by molar-refractivity contribution is -0.112. The zero-order valence-electron chi connectivity index (χ0n) is 12.8. The van der Waals surface area contributed by atoms with Crippen molar-refractivity contribution in [2.24, 2.45) is 5.73 Å². The van der Waals surface area contributed by atoms with Crippen molar-refractivity contribution in [2.75, 3.05) is 38.5 Å². The zero-order valence-corrected chi connectivity index (χ0v) is 12.8. The number of hydrogen-bond acceptors (Lipinski definition) is 4. The first-order chi connectivity index (χ1) is 9.38. The molecule has 1 amide bonds. The summed E-state index contributed by atoms with van der Waals surface area (Å²) in [5.41, 5.74) is 9.09. The number of primary amides is 1. The number of rotatable bonds is 6. The van der Waals surface area contributed by atoms with Gasteiger partial charge in [-0.2, -0.15) is 0 Å². The van der Waals surface area contributed by atoms with E-state index >= 15 is 0 Å². The summed E-state index contributed by atoms with van der Waals surface area (Å²) >= 11 is 0. The van der Waals surface area contributed by atoms with Crippen LogP contribution in [0.2, 0.25) is 0 Å². The van der Waals surface area contributed by atoms with Gasteiger partial charge in [0.2, 0.25) is 5.91 Å². The second-order valence-corrected chi connectivity index (χ2v) is 4.67. The molecular formula is C15H23N3O2. The molecule has 0 aliphatic heterocycles. The molecule has 0 atom stereocenters. The Balaban J connectivity index is 3.72. The third kappa shape index (κ3) is 2.71. The van der Waals surface area contributed by atoms with E-state index in [1.54, 1.807) is 14.2 Å². The third-order valence-electron chi connectivity index (χ3n) is 3.27. The first kappa shape index (κ1) is 15.9. The largest absolute Gasteiger partial charge is 0.494 e. The molecule has 0 aliphatic rings. The summed E-state index contributed by atoms with van der Waals surface area (Å²) < 4.78 is 5.54. The van der Waals surface area contributed by atoms with Crippen molar-refractivity contribution in [3.05, 3.63) is 23.8 Å². The molecule has 5 heteroatoms. The Bertz CT molecular complexity index is 536. The van der Waals surface area contributed by atoms with Gasteiger partial charge in [-0.05, 0) is 12.5 Å². The van der Waals surface area contributed by atoms with Gasteiger partial charge in [0.15, 0.2) is 0 Å². The number of nitrogens with one attached hydrogen (secondary N) is 1. The molecule has 0 heterocycles. The first-order valence-electron chi connectivity index (χ1n) is 6.46. The van der Waals surface area contributed by atoms with Crippen molar-refractivity contribution in [2.45, 2.75) is 13.3 Å². The van der Waals surface area contributed by atoms with Crippen molar-refractivity contribution in [3.8, 4) is 5.75 Å². The highest BCUT2D eigenvalue weighted by Gasteiger charge is 2.21. The number of carbonyl (C=O) groups excluding carboxylic acids is 1. The molecule has 3 N–H and O–H groups in total. The third-order valence-corrected chi connectivity index (χ3v) is 3.27. The monoisotopic (exact) mass is 277 g/mol. The normalized spacial score (nSPS) is 10.1. The molecule has 0 aromatic heterocycles. The minimum absolute atomic E-state index is 0.287. The number of nitrogens with zero attached hydrogens (tertiary/aromatic N) is 1. The zero-order chi connectivity index (χ0) is 15.4. The average molecular weight is 277 g/mol. The quantitative estimate of drug-likeness (QED) is 0.779. The number of methoxy groups -OCH3 is 1. The van der Waals surface area contributed by atoms with Crippen LogP contribution in [0.4, 0.5) is 11.4 Å². The summed E-state index contributed by atoms with van der Waals surface area (Å²) in [5, 5.41) is 3.12. The minimum atomic E-state index is -0.529. The topological polar surface area (TPSA) is 67.6 Å². The smallest absolute Gasteiger partial charge is 0.248 e. The molecule has 1 aromatic carbocycles. The Kier molecular flexibility index (Phi) is 5.02. The summed E-state index contributed by atoms with van der Waals surface area (Å²) in [4.78, 5) is 13.4. The fourth-order valence-corrected chi connectivity index (χ4v) is 2.26. The van der Waals surface area contributed by atoms with E-state index in [1.807, 2.05) is 32.0 Å². The Hall–Kier alpha value is -2.17. The molecule has 1 aromatic rings. The van der Waals surface area contributed by atoms with Crippen molar-refractivity contribution in [1.29, 1.82) is 0 Å². The van der Waals surface area contributed by atoms with E-state index in [0.29, 0.717) is 5.56 Å². The van der Waals surface area contributed by atoms with Crippen LogP contribution in [0.3, 0.4) is 0 Å². The highest BCUT2D eigenvalue weighted by molar-refractivity contribution is 6.20. The summed E-state index contributed by atoms with van der Waals surface area (Å²) in [7, 11) is 7.30. The number of benzene rings is 1. The van der Waals surface area contributed by atoms with E-state index in [1.165, 1.54) is 0 Å². The van der Waals surface area contributed by atoms with Gasteiger partial charge < -0.3 is 20.7 Å². The molecule has 0 fully saturated rings. The number of hydrogen-bond donors (Lipinski definition) is 2. The Morgan fingerprint density at radius 2 is 2.10 bits per heavy atom. The molecule has 5 nitrogen and oxygen atoms in total. The van der Waals surface area contributed by atoms with E-state index < -0.39 is 5.91 Å². The maximum absolute atomic E-state index is 11.5. The summed E-state index contributed by atoms with van der Waals surface area (Å²) in [5.74, 6) is 0.265. The van der Waals surface area contributed by atoms with Crippen LogP contribution in [0.15, 0.2) is 12.6 Å². The molecule has 110 valence electrons. The standard InChI is InChI=1S/C15H23N3O2/c1-7-10-13(17-3)11(9(2)15(16)19)8-12(18(4)5)14(10)20-6/h8,17H,2,7H2,1,3-6H3,(H2,16,19). The van der Waals surface area contributed by atoms with Crippen molar-refractivity contribution >= 4 is 22.9 Å². The number of carbonyl (C=O) groups is 1. The molecule has 0 saturated carbocycles. The molecule has 0 aliphatic carbocycles. The summed E-state index contributed by atoms with van der Waals surface area (Å²) in [6.45, 7) is 5.83. The maximum atomic E-state index is 11.5. The Morgan fingerprint density at radius 1 is 1.50 bits per heavy atom. The molecule has 0 unspecified atom stereocenters. The van der Waals surface area contributed by atoms with E-state index in [4.69, 9.17) is 10.5 Å². The summed E-state index contributed by atoms with van der Waals surface area (Å²) in [6, 6.07) is 1.87. The Labute approximate surface area is 120 Å². The van der Waals surface area contributed by atoms with Gasteiger partial charge in [0.1, 0.15) is 5.75 Å². The van der Waals surface area contributed by atoms with Gasteiger partial charge in [0.25, 0.3) is 0 Å². The molecule has 0 saturated heterocycles. The van der Waals surface area contributed by atoms with Gasteiger partial charge in [0.05, 0.1) is 12.8 Å². The van der Waals surface area contributed by atoms with Crippen LogP contribution in [-0.2, 0) is 11.2 Å². The predicted molar refractivity (Wildman–Crippen MR) is 84.5 cm³/mol. The lowest BCUT2D eigenvalue weighted by Gasteiger charge is -2.24. The first-order valence-corrected chi connectivity index (χ1v) is 6.46. The van der Waals surface area contributed by atoms with Gasteiger partial charge in [-0.3, -0.25) is 4.79 Å². The lowest BCUT2D eigenvalue weighted by Crippen LogP contribution is -2.17. The lowest BCUT2D eigenvalue weighted by atomic mass is 9.96. The maximum Gasteiger partial charge on any atom is 0.248 e.